The predicted octanol–water partition coefficient (Wildman–Crippen LogP) is 2.30. The number of thiophene rings is 1. The van der Waals surface area contributed by atoms with Crippen molar-refractivity contribution in [1.82, 2.24) is 5.32 Å². The minimum atomic E-state index is -0.00176. The lowest BCUT2D eigenvalue weighted by molar-refractivity contribution is -0.120. The third kappa shape index (κ3) is 2.50. The second kappa shape index (κ2) is 4.78. The van der Waals surface area contributed by atoms with Crippen molar-refractivity contribution in [2.75, 3.05) is 0 Å². The Labute approximate surface area is 98.9 Å². The highest BCUT2D eigenvalue weighted by Gasteiger charge is 2.21. The molecule has 3 nitrogen and oxygen atoms in total. The lowest BCUT2D eigenvalue weighted by atomic mass is 9.94. The first-order valence-electron chi connectivity index (χ1n) is 5.52. The van der Waals surface area contributed by atoms with Crippen molar-refractivity contribution in [3.8, 4) is 0 Å². The number of Topliss-reactive ketones (excluding diaryl/α,β-unsaturated/α-hetero) is 1. The van der Waals surface area contributed by atoms with Crippen LogP contribution in [0.1, 0.15) is 41.6 Å². The Balaban J connectivity index is 1.93. The fraction of sp³-hybridized carbons (Fsp3) is 0.500. The molecule has 0 saturated heterocycles. The second-order valence-corrected chi connectivity index (χ2v) is 5.00. The van der Waals surface area contributed by atoms with Crippen molar-refractivity contribution in [3.05, 3.63) is 21.9 Å². The summed E-state index contributed by atoms with van der Waals surface area (Å²) in [4.78, 5) is 23.0. The minimum Gasteiger partial charge on any atom is -0.349 e. The Morgan fingerprint density at radius 2 is 2.06 bits per heavy atom. The number of ketones is 1. The highest BCUT2D eigenvalue weighted by molar-refractivity contribution is 7.08. The van der Waals surface area contributed by atoms with E-state index in [0.717, 1.165) is 24.0 Å². The molecule has 1 aliphatic carbocycles. The predicted molar refractivity (Wildman–Crippen MR) is 63.8 cm³/mol. The van der Waals surface area contributed by atoms with E-state index in [4.69, 9.17) is 0 Å². The van der Waals surface area contributed by atoms with Gasteiger partial charge in [-0.2, -0.15) is 11.3 Å². The number of hydrogen-bond acceptors (Lipinski definition) is 3. The molecule has 0 spiro atoms. The molecule has 0 radical (unpaired) electrons. The molecular weight excluding hydrogens is 222 g/mol. The fourth-order valence-corrected chi connectivity index (χ4v) is 2.77. The number of carbonyl (C=O) groups is 2. The van der Waals surface area contributed by atoms with E-state index in [1.54, 1.807) is 11.3 Å². The first-order chi connectivity index (χ1) is 7.66. The topological polar surface area (TPSA) is 46.2 Å². The molecule has 1 amide bonds. The van der Waals surface area contributed by atoms with Crippen molar-refractivity contribution in [2.45, 2.75) is 38.6 Å². The molecule has 86 valence electrons. The summed E-state index contributed by atoms with van der Waals surface area (Å²) in [5.41, 5.74) is 1.79. The van der Waals surface area contributed by atoms with Crippen LogP contribution in [0.25, 0.3) is 0 Å². The van der Waals surface area contributed by atoms with Crippen molar-refractivity contribution in [1.29, 1.82) is 0 Å². The molecule has 1 aliphatic rings. The van der Waals surface area contributed by atoms with Crippen LogP contribution in [0.3, 0.4) is 0 Å². The quantitative estimate of drug-likeness (QED) is 0.858. The molecule has 0 unspecified atom stereocenters. The van der Waals surface area contributed by atoms with Gasteiger partial charge in [0.15, 0.2) is 0 Å². The van der Waals surface area contributed by atoms with Crippen molar-refractivity contribution < 1.29 is 9.59 Å². The Kier molecular flexibility index (Phi) is 3.39. The molecule has 0 aliphatic heterocycles. The summed E-state index contributed by atoms with van der Waals surface area (Å²) >= 11 is 1.54. The Bertz CT molecular complexity index is 401. The number of rotatable bonds is 2. The van der Waals surface area contributed by atoms with Crippen LogP contribution >= 0.6 is 11.3 Å². The molecule has 0 aromatic carbocycles. The van der Waals surface area contributed by atoms with E-state index in [1.807, 2.05) is 17.7 Å². The van der Waals surface area contributed by atoms with Gasteiger partial charge in [0.05, 0.1) is 5.56 Å². The molecule has 16 heavy (non-hydrogen) atoms. The summed E-state index contributed by atoms with van der Waals surface area (Å²) in [5.74, 6) is 0.315. The Morgan fingerprint density at radius 3 is 2.62 bits per heavy atom. The van der Waals surface area contributed by atoms with Crippen LogP contribution in [0.4, 0.5) is 0 Å². The Morgan fingerprint density at radius 1 is 1.38 bits per heavy atom. The zero-order valence-corrected chi connectivity index (χ0v) is 10.1. The van der Waals surface area contributed by atoms with E-state index in [1.165, 1.54) is 0 Å². The number of aryl methyl sites for hydroxylation is 1. The maximum absolute atomic E-state index is 11.9. The maximum Gasteiger partial charge on any atom is 0.252 e. The summed E-state index contributed by atoms with van der Waals surface area (Å²) in [6, 6.07) is 0.171. The second-order valence-electron chi connectivity index (χ2n) is 4.25. The van der Waals surface area contributed by atoms with Gasteiger partial charge in [0.25, 0.3) is 5.91 Å². The van der Waals surface area contributed by atoms with Crippen molar-refractivity contribution in [2.24, 2.45) is 0 Å². The molecule has 1 N–H and O–H groups in total. The average molecular weight is 237 g/mol. The summed E-state index contributed by atoms with van der Waals surface area (Å²) in [7, 11) is 0. The van der Waals surface area contributed by atoms with Crippen LogP contribution in [-0.2, 0) is 4.79 Å². The smallest absolute Gasteiger partial charge is 0.252 e. The van der Waals surface area contributed by atoms with E-state index in [0.29, 0.717) is 18.6 Å². The van der Waals surface area contributed by atoms with Crippen LogP contribution in [-0.4, -0.2) is 17.7 Å². The highest BCUT2D eigenvalue weighted by Crippen LogP contribution is 2.17. The number of amides is 1. The van der Waals surface area contributed by atoms with Gasteiger partial charge >= 0.3 is 0 Å². The molecule has 1 saturated carbocycles. The average Bonchev–Trinajstić information content (AvgIpc) is 2.68. The molecule has 0 atom stereocenters. The summed E-state index contributed by atoms with van der Waals surface area (Å²) in [5, 5.41) is 6.84. The van der Waals surface area contributed by atoms with Crippen LogP contribution in [0.15, 0.2) is 10.8 Å². The van der Waals surface area contributed by atoms with E-state index in [-0.39, 0.29) is 11.9 Å². The summed E-state index contributed by atoms with van der Waals surface area (Å²) < 4.78 is 0. The van der Waals surface area contributed by atoms with Crippen LogP contribution in [0, 0.1) is 6.92 Å². The van der Waals surface area contributed by atoms with Gasteiger partial charge in [0.2, 0.25) is 0 Å². The van der Waals surface area contributed by atoms with Gasteiger partial charge in [-0.1, -0.05) is 0 Å². The zero-order chi connectivity index (χ0) is 11.5. The lowest BCUT2D eigenvalue weighted by Crippen LogP contribution is -2.37. The lowest BCUT2D eigenvalue weighted by Gasteiger charge is -2.22. The maximum atomic E-state index is 11.9. The molecule has 1 aromatic rings. The van der Waals surface area contributed by atoms with Crippen LogP contribution in [0.5, 0.6) is 0 Å². The zero-order valence-electron chi connectivity index (χ0n) is 9.29. The number of carbonyl (C=O) groups excluding carboxylic acids is 2. The molecule has 1 heterocycles. The Hall–Kier alpha value is -1.16. The first kappa shape index (κ1) is 11.3. The molecule has 4 heteroatoms. The van der Waals surface area contributed by atoms with Gasteiger partial charge in [-0.3, -0.25) is 9.59 Å². The standard InChI is InChI=1S/C12H15NO2S/c1-8-6-16-7-11(8)12(15)13-9-2-4-10(14)5-3-9/h6-7,9H,2-5H2,1H3,(H,13,15). The van der Waals surface area contributed by atoms with Gasteiger partial charge in [-0.05, 0) is 30.7 Å². The first-order valence-corrected chi connectivity index (χ1v) is 6.46. The minimum absolute atomic E-state index is 0.00176. The summed E-state index contributed by atoms with van der Waals surface area (Å²) in [6.45, 7) is 1.94. The number of hydrogen-bond donors (Lipinski definition) is 1. The molecule has 1 aromatic heterocycles. The SMILES string of the molecule is Cc1cscc1C(=O)NC1CCC(=O)CC1. The van der Waals surface area contributed by atoms with Gasteiger partial charge in [0, 0.05) is 24.3 Å². The van der Waals surface area contributed by atoms with Gasteiger partial charge in [-0.15, -0.1) is 0 Å². The molecule has 2 rings (SSSR count). The molecule has 1 fully saturated rings. The molecular formula is C12H15NO2S. The van der Waals surface area contributed by atoms with Gasteiger partial charge < -0.3 is 5.32 Å². The van der Waals surface area contributed by atoms with E-state index in [9.17, 15) is 9.59 Å². The van der Waals surface area contributed by atoms with E-state index >= 15 is 0 Å². The third-order valence-corrected chi connectivity index (χ3v) is 3.84. The van der Waals surface area contributed by atoms with Crippen LogP contribution < -0.4 is 5.32 Å². The van der Waals surface area contributed by atoms with Crippen molar-refractivity contribution in [3.63, 3.8) is 0 Å². The third-order valence-electron chi connectivity index (χ3n) is 2.98. The fourth-order valence-electron chi connectivity index (χ4n) is 1.94. The molecule has 0 bridgehead atoms. The van der Waals surface area contributed by atoms with E-state index in [2.05, 4.69) is 5.32 Å². The monoisotopic (exact) mass is 237 g/mol. The highest BCUT2D eigenvalue weighted by atomic mass is 32.1. The van der Waals surface area contributed by atoms with Gasteiger partial charge in [-0.25, -0.2) is 0 Å². The van der Waals surface area contributed by atoms with E-state index < -0.39 is 0 Å². The normalized spacial score (nSPS) is 17.4. The summed E-state index contributed by atoms with van der Waals surface area (Å²) in [6.07, 6.45) is 2.78. The van der Waals surface area contributed by atoms with Crippen LogP contribution in [0.2, 0.25) is 0 Å². The van der Waals surface area contributed by atoms with Gasteiger partial charge in [0.1, 0.15) is 5.78 Å². The number of nitrogens with one attached hydrogen (secondary N) is 1. The van der Waals surface area contributed by atoms with Crippen molar-refractivity contribution >= 4 is 23.0 Å². The largest absolute Gasteiger partial charge is 0.349 e.